The maximum absolute atomic E-state index is 11.3. The molecule has 0 unspecified atom stereocenters. The Kier molecular flexibility index (Phi) is 3.37. The molecule has 76 valence electrons. The van der Waals surface area contributed by atoms with E-state index in [9.17, 15) is 13.0 Å². The summed E-state index contributed by atoms with van der Waals surface area (Å²) >= 11 is 0. The van der Waals surface area contributed by atoms with Crippen LogP contribution in [-0.4, -0.2) is 8.42 Å². The van der Waals surface area contributed by atoms with Gasteiger partial charge in [-0.15, -0.1) is 0 Å². The van der Waals surface area contributed by atoms with E-state index in [2.05, 4.69) is 3.97 Å². The summed E-state index contributed by atoms with van der Waals surface area (Å²) in [4.78, 5) is 0.0476. The predicted molar refractivity (Wildman–Crippen MR) is 51.8 cm³/mol. The molecule has 0 aliphatic rings. The van der Waals surface area contributed by atoms with Crippen LogP contribution in [-0.2, 0) is 18.7 Å². The van der Waals surface area contributed by atoms with E-state index in [4.69, 9.17) is 0 Å². The fourth-order valence-corrected chi connectivity index (χ4v) is 2.49. The zero-order valence-electron chi connectivity index (χ0n) is 7.72. The Morgan fingerprint density at radius 2 is 1.93 bits per heavy atom. The molecule has 4 nitrogen and oxygen atoms in total. The van der Waals surface area contributed by atoms with Crippen LogP contribution in [0.15, 0.2) is 23.1 Å². The second-order valence-corrected chi connectivity index (χ2v) is 4.97. The lowest BCUT2D eigenvalue weighted by Crippen LogP contribution is -2.02. The van der Waals surface area contributed by atoms with Crippen LogP contribution in [0, 0.1) is 13.8 Å². The first-order chi connectivity index (χ1) is 6.47. The lowest BCUT2D eigenvalue weighted by atomic mass is 10.2. The van der Waals surface area contributed by atoms with Crippen molar-refractivity contribution in [3.63, 3.8) is 0 Å². The Balaban J connectivity index is 3.26. The maximum atomic E-state index is 11.3. The van der Waals surface area contributed by atoms with Gasteiger partial charge in [0.15, 0.2) is 0 Å². The minimum atomic E-state index is -3.88. The fraction of sp³-hybridized carbons (Fsp3) is 0.250. The summed E-state index contributed by atoms with van der Waals surface area (Å²) < 4.78 is 36.9. The predicted octanol–water partition coefficient (Wildman–Crippen LogP) is 2.22. The van der Waals surface area contributed by atoms with Gasteiger partial charge in [-0.3, -0.25) is 0 Å². The van der Waals surface area contributed by atoms with Crippen molar-refractivity contribution in [1.82, 2.24) is 0 Å². The van der Waals surface area contributed by atoms with E-state index in [-0.39, 0.29) is 4.90 Å². The maximum Gasteiger partial charge on any atom is 0.344 e. The van der Waals surface area contributed by atoms with Gasteiger partial charge >= 0.3 is 18.8 Å². The van der Waals surface area contributed by atoms with E-state index >= 15 is 0 Å². The van der Waals surface area contributed by atoms with Crippen molar-refractivity contribution >= 4 is 18.8 Å². The summed E-state index contributed by atoms with van der Waals surface area (Å²) in [5, 5.41) is 0. The molecular formula is C8H9O4PS. The highest BCUT2D eigenvalue weighted by Crippen LogP contribution is 2.21. The van der Waals surface area contributed by atoms with Crippen LogP contribution in [0.4, 0.5) is 0 Å². The quantitative estimate of drug-likeness (QED) is 0.749. The molecule has 0 radical (unpaired) electrons. The van der Waals surface area contributed by atoms with E-state index in [1.807, 2.05) is 6.92 Å². The average Bonchev–Trinajstić information content (AvgIpc) is 2.02. The summed E-state index contributed by atoms with van der Waals surface area (Å²) in [5.74, 6) is 0. The van der Waals surface area contributed by atoms with Gasteiger partial charge in [0, 0.05) is 0 Å². The molecule has 0 spiro atoms. The van der Waals surface area contributed by atoms with Crippen LogP contribution in [0.3, 0.4) is 0 Å². The highest BCUT2D eigenvalue weighted by atomic mass is 32.2. The second-order valence-electron chi connectivity index (χ2n) is 2.87. The Morgan fingerprint density at radius 3 is 2.43 bits per heavy atom. The van der Waals surface area contributed by atoms with Crippen LogP contribution in [0.25, 0.3) is 0 Å². The second kappa shape index (κ2) is 4.17. The minimum absolute atomic E-state index is 0.0476. The Labute approximate surface area is 84.3 Å². The minimum Gasteiger partial charge on any atom is -0.239 e. The molecule has 0 aliphatic heterocycles. The van der Waals surface area contributed by atoms with Gasteiger partial charge in [0.05, 0.1) is 4.90 Å². The number of rotatable bonds is 3. The number of benzene rings is 1. The molecule has 0 atom stereocenters. The van der Waals surface area contributed by atoms with E-state index in [0.29, 0.717) is 5.56 Å². The SMILES string of the molecule is Cc1ccc(S(=O)(=O)OP=O)c(C)c1. The van der Waals surface area contributed by atoms with Crippen molar-refractivity contribution in [3.8, 4) is 0 Å². The van der Waals surface area contributed by atoms with Crippen LogP contribution < -0.4 is 0 Å². The van der Waals surface area contributed by atoms with Crippen molar-refractivity contribution in [3.05, 3.63) is 29.3 Å². The van der Waals surface area contributed by atoms with E-state index < -0.39 is 18.8 Å². The van der Waals surface area contributed by atoms with E-state index in [1.54, 1.807) is 19.1 Å². The average molecular weight is 232 g/mol. The Morgan fingerprint density at radius 1 is 1.29 bits per heavy atom. The van der Waals surface area contributed by atoms with Crippen LogP contribution in [0.1, 0.15) is 11.1 Å². The van der Waals surface area contributed by atoms with Crippen LogP contribution >= 0.6 is 8.69 Å². The third-order valence-electron chi connectivity index (χ3n) is 1.73. The zero-order valence-corrected chi connectivity index (χ0v) is 9.43. The van der Waals surface area contributed by atoms with Gasteiger partial charge in [-0.1, -0.05) is 17.7 Å². The molecule has 0 aliphatic carbocycles. The largest absolute Gasteiger partial charge is 0.344 e. The number of hydrogen-bond acceptors (Lipinski definition) is 4. The fourth-order valence-electron chi connectivity index (χ4n) is 1.16. The number of aryl methyl sites for hydroxylation is 2. The molecule has 0 amide bonds. The molecule has 1 aromatic rings. The molecule has 0 saturated heterocycles. The van der Waals surface area contributed by atoms with Gasteiger partial charge in [0.25, 0.3) is 0 Å². The summed E-state index contributed by atoms with van der Waals surface area (Å²) in [6, 6.07) is 4.81. The molecule has 0 fully saturated rings. The van der Waals surface area contributed by atoms with Crippen molar-refractivity contribution < 1.29 is 17.0 Å². The first-order valence-corrected chi connectivity index (χ1v) is 5.95. The molecule has 0 saturated carbocycles. The van der Waals surface area contributed by atoms with Gasteiger partial charge in [0.1, 0.15) is 0 Å². The molecule has 0 heterocycles. The van der Waals surface area contributed by atoms with E-state index in [0.717, 1.165) is 5.56 Å². The van der Waals surface area contributed by atoms with Gasteiger partial charge in [-0.05, 0) is 25.5 Å². The highest BCUT2D eigenvalue weighted by Gasteiger charge is 2.17. The molecule has 0 N–H and O–H groups in total. The molecule has 1 aromatic carbocycles. The lowest BCUT2D eigenvalue weighted by molar-refractivity contribution is 0.486. The van der Waals surface area contributed by atoms with E-state index in [1.165, 1.54) is 6.07 Å². The molecule has 6 heteroatoms. The molecule has 0 aromatic heterocycles. The summed E-state index contributed by atoms with van der Waals surface area (Å²) in [6.45, 7) is 3.51. The monoisotopic (exact) mass is 232 g/mol. The highest BCUT2D eigenvalue weighted by molar-refractivity contribution is 7.89. The summed E-state index contributed by atoms with van der Waals surface area (Å²) in [7, 11) is -4.75. The Bertz CT molecular complexity index is 452. The van der Waals surface area contributed by atoms with Crippen molar-refractivity contribution in [2.24, 2.45) is 0 Å². The molecule has 0 bridgehead atoms. The third-order valence-corrected chi connectivity index (χ3v) is 3.75. The van der Waals surface area contributed by atoms with Crippen molar-refractivity contribution in [2.45, 2.75) is 18.7 Å². The summed E-state index contributed by atoms with van der Waals surface area (Å²) in [6.07, 6.45) is 0. The molecule has 14 heavy (non-hydrogen) atoms. The van der Waals surface area contributed by atoms with Crippen molar-refractivity contribution in [1.29, 1.82) is 0 Å². The Hall–Kier alpha value is -0.770. The standard InChI is InChI=1S/C8H9O4PS/c1-6-3-4-8(7(2)5-6)14(10,11)12-13-9/h3-5H,1-2H3. The van der Waals surface area contributed by atoms with Gasteiger partial charge in [-0.25, -0.2) is 4.57 Å². The van der Waals surface area contributed by atoms with Crippen LogP contribution in [0.5, 0.6) is 0 Å². The number of hydrogen-bond donors (Lipinski definition) is 0. The molecule has 1 rings (SSSR count). The first kappa shape index (κ1) is 11.3. The molecular weight excluding hydrogens is 223 g/mol. The smallest absolute Gasteiger partial charge is 0.239 e. The third kappa shape index (κ3) is 2.38. The summed E-state index contributed by atoms with van der Waals surface area (Å²) in [5.41, 5.74) is 1.54. The normalized spacial score (nSPS) is 11.9. The zero-order chi connectivity index (χ0) is 10.8. The van der Waals surface area contributed by atoms with Gasteiger partial charge in [-0.2, -0.15) is 12.4 Å². The topological polar surface area (TPSA) is 60.4 Å². The first-order valence-electron chi connectivity index (χ1n) is 3.81. The van der Waals surface area contributed by atoms with Gasteiger partial charge < -0.3 is 0 Å². The van der Waals surface area contributed by atoms with Crippen LogP contribution in [0.2, 0.25) is 0 Å². The lowest BCUT2D eigenvalue weighted by Gasteiger charge is -2.04. The van der Waals surface area contributed by atoms with Crippen molar-refractivity contribution in [2.75, 3.05) is 0 Å². The van der Waals surface area contributed by atoms with Gasteiger partial charge in [0.2, 0.25) is 0 Å².